The standard InChI is InChI=1S/C18H17FN2O3/c1-2-24-17(22)15-5-3-4-6-16(15)21-18(23)20-12-11-13-7-9-14(19)10-8-13/h3-12H,2H2,1H3,(H2,20,21,23)/b12-11+. The predicted molar refractivity (Wildman–Crippen MR) is 90.0 cm³/mol. The number of nitrogens with one attached hydrogen (secondary N) is 2. The fourth-order valence-electron chi connectivity index (χ4n) is 1.92. The highest BCUT2D eigenvalue weighted by atomic mass is 19.1. The number of hydrogen-bond donors (Lipinski definition) is 2. The Hall–Kier alpha value is -3.15. The van der Waals surface area contributed by atoms with E-state index in [1.54, 1.807) is 49.4 Å². The van der Waals surface area contributed by atoms with Crippen molar-refractivity contribution in [1.82, 2.24) is 5.32 Å². The van der Waals surface area contributed by atoms with Crippen molar-refractivity contribution < 1.29 is 18.7 Å². The Balaban J connectivity index is 1.97. The van der Waals surface area contributed by atoms with E-state index in [4.69, 9.17) is 4.74 Å². The van der Waals surface area contributed by atoms with Crippen molar-refractivity contribution in [2.45, 2.75) is 6.92 Å². The molecule has 0 aromatic heterocycles. The third-order valence-electron chi connectivity index (χ3n) is 3.03. The minimum atomic E-state index is -0.509. The van der Waals surface area contributed by atoms with Gasteiger partial charge in [-0.25, -0.2) is 14.0 Å². The molecule has 0 aliphatic rings. The second kappa shape index (κ2) is 8.47. The van der Waals surface area contributed by atoms with Crippen LogP contribution in [0.1, 0.15) is 22.8 Å². The van der Waals surface area contributed by atoms with Gasteiger partial charge in [0.05, 0.1) is 17.9 Å². The molecule has 0 heterocycles. The van der Waals surface area contributed by atoms with Crippen LogP contribution in [-0.4, -0.2) is 18.6 Å². The third kappa shape index (κ3) is 4.95. The van der Waals surface area contributed by atoms with Gasteiger partial charge >= 0.3 is 12.0 Å². The van der Waals surface area contributed by atoms with Crippen LogP contribution in [0.2, 0.25) is 0 Å². The summed E-state index contributed by atoms with van der Waals surface area (Å²) in [5.74, 6) is -0.830. The molecule has 24 heavy (non-hydrogen) atoms. The lowest BCUT2D eigenvalue weighted by Crippen LogP contribution is -2.25. The molecule has 0 saturated heterocycles. The minimum absolute atomic E-state index is 0.250. The second-order valence-corrected chi connectivity index (χ2v) is 4.75. The zero-order chi connectivity index (χ0) is 17.4. The maximum Gasteiger partial charge on any atom is 0.340 e. The average molecular weight is 328 g/mol. The molecule has 0 aliphatic heterocycles. The monoisotopic (exact) mass is 328 g/mol. The number of amides is 2. The summed E-state index contributed by atoms with van der Waals surface area (Å²) in [5.41, 5.74) is 1.37. The molecule has 2 aromatic rings. The van der Waals surface area contributed by atoms with Crippen molar-refractivity contribution in [3.63, 3.8) is 0 Å². The number of rotatable bonds is 5. The van der Waals surface area contributed by atoms with Gasteiger partial charge in [-0.1, -0.05) is 24.3 Å². The van der Waals surface area contributed by atoms with Crippen LogP contribution in [0.25, 0.3) is 6.08 Å². The van der Waals surface area contributed by atoms with E-state index in [-0.39, 0.29) is 18.0 Å². The second-order valence-electron chi connectivity index (χ2n) is 4.75. The van der Waals surface area contributed by atoms with Gasteiger partial charge < -0.3 is 15.4 Å². The van der Waals surface area contributed by atoms with Crippen LogP contribution in [0, 0.1) is 5.82 Å². The molecule has 5 nitrogen and oxygen atoms in total. The number of urea groups is 1. The molecule has 0 fully saturated rings. The molecular formula is C18H17FN2O3. The van der Waals surface area contributed by atoms with Crippen molar-refractivity contribution in [2.75, 3.05) is 11.9 Å². The molecule has 0 aliphatic carbocycles. The SMILES string of the molecule is CCOC(=O)c1ccccc1NC(=O)N/C=C/c1ccc(F)cc1. The number of carbonyl (C=O) groups is 2. The molecule has 0 spiro atoms. The van der Waals surface area contributed by atoms with Crippen LogP contribution < -0.4 is 10.6 Å². The zero-order valence-corrected chi connectivity index (χ0v) is 13.1. The molecule has 2 aromatic carbocycles. The molecule has 124 valence electrons. The number of hydrogen-bond acceptors (Lipinski definition) is 3. The lowest BCUT2D eigenvalue weighted by atomic mass is 10.2. The molecule has 2 rings (SSSR count). The average Bonchev–Trinajstić information content (AvgIpc) is 2.57. The van der Waals surface area contributed by atoms with Crippen molar-refractivity contribution in [1.29, 1.82) is 0 Å². The maximum absolute atomic E-state index is 12.8. The Morgan fingerprint density at radius 3 is 2.54 bits per heavy atom. The van der Waals surface area contributed by atoms with Crippen LogP contribution in [-0.2, 0) is 4.74 Å². The number of halogens is 1. The fraction of sp³-hybridized carbons (Fsp3) is 0.111. The van der Waals surface area contributed by atoms with Gasteiger partial charge in [-0.15, -0.1) is 0 Å². The minimum Gasteiger partial charge on any atom is -0.462 e. The van der Waals surface area contributed by atoms with Gasteiger partial charge in [-0.3, -0.25) is 0 Å². The highest BCUT2D eigenvalue weighted by molar-refractivity contribution is 6.01. The number of benzene rings is 2. The lowest BCUT2D eigenvalue weighted by molar-refractivity contribution is 0.0527. The predicted octanol–water partition coefficient (Wildman–Crippen LogP) is 3.79. The maximum atomic E-state index is 12.8. The summed E-state index contributed by atoms with van der Waals surface area (Å²) < 4.78 is 17.7. The van der Waals surface area contributed by atoms with Gasteiger partial charge in [0.2, 0.25) is 0 Å². The number of para-hydroxylation sites is 1. The van der Waals surface area contributed by atoms with Gasteiger partial charge in [0.1, 0.15) is 5.82 Å². The van der Waals surface area contributed by atoms with Crippen LogP contribution >= 0.6 is 0 Å². The van der Waals surface area contributed by atoms with E-state index in [9.17, 15) is 14.0 Å². The molecular weight excluding hydrogens is 311 g/mol. The van der Waals surface area contributed by atoms with Crippen LogP contribution in [0.15, 0.2) is 54.7 Å². The summed E-state index contributed by atoms with van der Waals surface area (Å²) in [7, 11) is 0. The molecule has 0 saturated carbocycles. The van der Waals surface area contributed by atoms with E-state index in [2.05, 4.69) is 10.6 Å². The van der Waals surface area contributed by atoms with Crippen molar-refractivity contribution in [3.05, 3.63) is 71.7 Å². The molecule has 0 bridgehead atoms. The topological polar surface area (TPSA) is 67.4 Å². The molecule has 0 atom stereocenters. The van der Waals surface area contributed by atoms with Crippen molar-refractivity contribution in [3.8, 4) is 0 Å². The number of ether oxygens (including phenoxy) is 1. The first-order valence-electron chi connectivity index (χ1n) is 7.36. The number of carbonyl (C=O) groups excluding carboxylic acids is 2. The highest BCUT2D eigenvalue weighted by Crippen LogP contribution is 2.16. The molecule has 0 unspecified atom stereocenters. The fourth-order valence-corrected chi connectivity index (χ4v) is 1.92. The Morgan fingerprint density at radius 1 is 1.12 bits per heavy atom. The first-order chi connectivity index (χ1) is 11.6. The van der Waals surface area contributed by atoms with Crippen LogP contribution in [0.3, 0.4) is 0 Å². The molecule has 2 N–H and O–H groups in total. The first-order valence-corrected chi connectivity index (χ1v) is 7.36. The summed E-state index contributed by atoms with van der Waals surface area (Å²) in [6, 6.07) is 11.9. The van der Waals surface area contributed by atoms with E-state index in [0.29, 0.717) is 5.69 Å². The summed E-state index contributed by atoms with van der Waals surface area (Å²) in [4.78, 5) is 23.7. The van der Waals surface area contributed by atoms with Crippen molar-refractivity contribution >= 4 is 23.8 Å². The number of esters is 1. The largest absolute Gasteiger partial charge is 0.462 e. The van der Waals surface area contributed by atoms with E-state index in [1.807, 2.05) is 0 Å². The van der Waals surface area contributed by atoms with Crippen LogP contribution in [0.4, 0.5) is 14.9 Å². The van der Waals surface area contributed by atoms with Crippen molar-refractivity contribution in [2.24, 2.45) is 0 Å². The van der Waals surface area contributed by atoms with Gasteiger partial charge in [-0.05, 0) is 42.8 Å². The Bertz CT molecular complexity index is 742. The van der Waals surface area contributed by atoms with E-state index in [0.717, 1.165) is 5.56 Å². The number of anilines is 1. The first kappa shape index (κ1) is 17.2. The van der Waals surface area contributed by atoms with Gasteiger partial charge in [0.25, 0.3) is 0 Å². The van der Waals surface area contributed by atoms with E-state index < -0.39 is 12.0 Å². The Morgan fingerprint density at radius 2 is 1.83 bits per heavy atom. The van der Waals surface area contributed by atoms with Gasteiger partial charge in [-0.2, -0.15) is 0 Å². The molecule has 0 radical (unpaired) electrons. The van der Waals surface area contributed by atoms with Gasteiger partial charge in [0, 0.05) is 6.20 Å². The molecule has 2 amide bonds. The van der Waals surface area contributed by atoms with E-state index >= 15 is 0 Å². The van der Waals surface area contributed by atoms with Gasteiger partial charge in [0.15, 0.2) is 0 Å². The normalized spacial score (nSPS) is 10.4. The Labute approximate surface area is 139 Å². The summed E-state index contributed by atoms with van der Waals surface area (Å²) in [6.07, 6.45) is 3.05. The summed E-state index contributed by atoms with van der Waals surface area (Å²) in [6.45, 7) is 1.96. The Kier molecular flexibility index (Phi) is 6.08. The summed E-state index contributed by atoms with van der Waals surface area (Å²) >= 11 is 0. The quantitative estimate of drug-likeness (QED) is 0.821. The lowest BCUT2D eigenvalue weighted by Gasteiger charge is -2.09. The smallest absolute Gasteiger partial charge is 0.340 e. The zero-order valence-electron chi connectivity index (χ0n) is 13.1. The third-order valence-corrected chi connectivity index (χ3v) is 3.03. The highest BCUT2D eigenvalue weighted by Gasteiger charge is 2.13. The molecule has 6 heteroatoms. The summed E-state index contributed by atoms with van der Waals surface area (Å²) in [5, 5.41) is 5.10. The van der Waals surface area contributed by atoms with Crippen LogP contribution in [0.5, 0.6) is 0 Å². The van der Waals surface area contributed by atoms with E-state index in [1.165, 1.54) is 18.3 Å².